The molecule has 2 rings (SSSR count). The summed E-state index contributed by atoms with van der Waals surface area (Å²) in [4.78, 5) is 25.7. The first-order valence-electron chi connectivity index (χ1n) is 6.74. The maximum atomic E-state index is 11.5. The molecule has 2 amide bonds. The lowest BCUT2D eigenvalue weighted by Gasteiger charge is -2.08. The molecule has 1 aromatic heterocycles. The Hall–Kier alpha value is -2.80. The maximum absolute atomic E-state index is 11.5. The van der Waals surface area contributed by atoms with Crippen LogP contribution in [0, 0.1) is 0 Å². The molecule has 7 nitrogen and oxygen atoms in total. The summed E-state index contributed by atoms with van der Waals surface area (Å²) >= 11 is 0. The van der Waals surface area contributed by atoms with Gasteiger partial charge in [-0.2, -0.15) is 0 Å². The van der Waals surface area contributed by atoms with E-state index in [1.165, 1.54) is 0 Å². The van der Waals surface area contributed by atoms with Gasteiger partial charge in [-0.3, -0.25) is 20.4 Å². The van der Waals surface area contributed by atoms with Gasteiger partial charge in [-0.15, -0.1) is 0 Å². The highest BCUT2D eigenvalue weighted by Crippen LogP contribution is 2.07. The second kappa shape index (κ2) is 8.48. The highest BCUT2D eigenvalue weighted by atomic mass is 16.5. The van der Waals surface area contributed by atoms with Crippen LogP contribution in [0.3, 0.4) is 0 Å². The molecule has 2 aromatic rings. The van der Waals surface area contributed by atoms with Gasteiger partial charge in [0.25, 0.3) is 11.8 Å². The number of aromatic nitrogens is 1. The van der Waals surface area contributed by atoms with Gasteiger partial charge in [-0.1, -0.05) is 18.2 Å². The van der Waals surface area contributed by atoms with Gasteiger partial charge in [0.05, 0.1) is 6.61 Å². The summed E-state index contributed by atoms with van der Waals surface area (Å²) in [6.45, 7) is 0.447. The van der Waals surface area contributed by atoms with Crippen molar-refractivity contribution in [3.05, 3.63) is 54.4 Å². The fourth-order valence-corrected chi connectivity index (χ4v) is 1.60. The Balaban J connectivity index is 1.53. The number of nitrogens with one attached hydrogen (secondary N) is 3. The monoisotopic (exact) mass is 303 g/mol. The zero-order valence-corrected chi connectivity index (χ0v) is 11.9. The van der Waals surface area contributed by atoms with Gasteiger partial charge in [-0.05, 0) is 24.3 Å². The number of aromatic amines is 1. The molecule has 0 unspecified atom stereocenters. The van der Waals surface area contributed by atoms with E-state index in [4.69, 9.17) is 9.47 Å². The lowest BCUT2D eigenvalue weighted by molar-refractivity contribution is -0.126. The van der Waals surface area contributed by atoms with Crippen LogP contribution in [0.5, 0.6) is 5.75 Å². The van der Waals surface area contributed by atoms with Gasteiger partial charge in [-0.25, -0.2) is 0 Å². The van der Waals surface area contributed by atoms with Gasteiger partial charge >= 0.3 is 0 Å². The zero-order valence-electron chi connectivity index (χ0n) is 11.9. The van der Waals surface area contributed by atoms with E-state index in [2.05, 4.69) is 15.8 Å². The van der Waals surface area contributed by atoms with Gasteiger partial charge in [0.15, 0.2) is 0 Å². The van der Waals surface area contributed by atoms with Crippen molar-refractivity contribution in [1.82, 2.24) is 15.8 Å². The lowest BCUT2D eigenvalue weighted by Crippen LogP contribution is -2.43. The van der Waals surface area contributed by atoms with Gasteiger partial charge < -0.3 is 14.5 Å². The SMILES string of the molecule is O=C(COCCOc1ccccc1)NNC(=O)c1ccc[nH]1. The largest absolute Gasteiger partial charge is 0.491 e. The molecule has 0 saturated carbocycles. The van der Waals surface area contributed by atoms with Gasteiger partial charge in [0, 0.05) is 6.20 Å². The first kappa shape index (κ1) is 15.6. The Kier molecular flexibility index (Phi) is 6.01. The summed E-state index contributed by atoms with van der Waals surface area (Å²) in [5.41, 5.74) is 4.88. The lowest BCUT2D eigenvalue weighted by atomic mass is 10.3. The predicted octanol–water partition coefficient (Wildman–Crippen LogP) is 0.871. The molecular formula is C15H17N3O4. The summed E-state index contributed by atoms with van der Waals surface area (Å²) in [6, 6.07) is 12.6. The summed E-state index contributed by atoms with van der Waals surface area (Å²) in [5, 5.41) is 0. The van der Waals surface area contributed by atoms with E-state index in [0.717, 1.165) is 5.75 Å². The van der Waals surface area contributed by atoms with E-state index in [-0.39, 0.29) is 13.2 Å². The molecule has 0 saturated heterocycles. The van der Waals surface area contributed by atoms with Crippen LogP contribution in [-0.4, -0.2) is 36.6 Å². The van der Waals surface area contributed by atoms with E-state index in [9.17, 15) is 9.59 Å². The Bertz CT molecular complexity index is 584. The minimum absolute atomic E-state index is 0.164. The summed E-state index contributed by atoms with van der Waals surface area (Å²) in [7, 11) is 0. The van der Waals surface area contributed by atoms with Crippen molar-refractivity contribution in [1.29, 1.82) is 0 Å². The van der Waals surface area contributed by atoms with Crippen LogP contribution in [0.15, 0.2) is 48.7 Å². The van der Waals surface area contributed by atoms with Crippen molar-refractivity contribution in [2.24, 2.45) is 0 Å². The van der Waals surface area contributed by atoms with Crippen molar-refractivity contribution < 1.29 is 19.1 Å². The van der Waals surface area contributed by atoms with Crippen molar-refractivity contribution in [3.63, 3.8) is 0 Å². The summed E-state index contributed by atoms with van der Waals surface area (Å²) < 4.78 is 10.5. The van der Waals surface area contributed by atoms with E-state index in [1.807, 2.05) is 30.3 Å². The molecule has 0 aliphatic heterocycles. The summed E-state index contributed by atoms with van der Waals surface area (Å²) in [6.07, 6.45) is 1.62. The minimum Gasteiger partial charge on any atom is -0.491 e. The molecule has 0 spiro atoms. The van der Waals surface area contributed by atoms with E-state index in [0.29, 0.717) is 12.3 Å². The first-order valence-corrected chi connectivity index (χ1v) is 6.74. The molecule has 0 aliphatic carbocycles. The van der Waals surface area contributed by atoms with E-state index >= 15 is 0 Å². The standard InChI is InChI=1S/C15H17N3O4/c19-14(17-18-15(20)13-7-4-8-16-13)11-21-9-10-22-12-5-2-1-3-6-12/h1-8,16H,9-11H2,(H,17,19)(H,18,20). The van der Waals surface area contributed by atoms with Gasteiger partial charge in [0.2, 0.25) is 0 Å². The third kappa shape index (κ3) is 5.29. The van der Waals surface area contributed by atoms with Crippen LogP contribution in [-0.2, 0) is 9.53 Å². The minimum atomic E-state index is -0.445. The van der Waals surface area contributed by atoms with E-state index < -0.39 is 11.8 Å². The second-order valence-corrected chi connectivity index (χ2v) is 4.30. The average molecular weight is 303 g/mol. The fraction of sp³-hybridized carbons (Fsp3) is 0.200. The quantitative estimate of drug-likeness (QED) is 0.523. The molecule has 3 N–H and O–H groups in total. The van der Waals surface area contributed by atoms with Crippen LogP contribution in [0.4, 0.5) is 0 Å². The molecule has 0 aliphatic rings. The number of para-hydroxylation sites is 1. The molecule has 0 radical (unpaired) electrons. The summed E-state index contributed by atoms with van der Waals surface area (Å²) in [5.74, 6) is -0.126. The number of rotatable bonds is 7. The first-order chi connectivity index (χ1) is 10.8. The Morgan fingerprint density at radius 1 is 1.00 bits per heavy atom. The van der Waals surface area contributed by atoms with Crippen LogP contribution < -0.4 is 15.6 Å². The number of carbonyl (C=O) groups is 2. The highest BCUT2D eigenvalue weighted by Gasteiger charge is 2.07. The molecule has 22 heavy (non-hydrogen) atoms. The number of hydrazine groups is 1. The number of H-pyrrole nitrogens is 1. The van der Waals surface area contributed by atoms with Crippen molar-refractivity contribution >= 4 is 11.8 Å². The number of hydrogen-bond donors (Lipinski definition) is 3. The molecule has 1 aromatic carbocycles. The topological polar surface area (TPSA) is 92.4 Å². The second-order valence-electron chi connectivity index (χ2n) is 4.30. The zero-order chi connectivity index (χ0) is 15.6. The van der Waals surface area contributed by atoms with Crippen molar-refractivity contribution in [3.8, 4) is 5.75 Å². The number of carbonyl (C=O) groups excluding carboxylic acids is 2. The molecule has 0 bridgehead atoms. The van der Waals surface area contributed by atoms with Crippen LogP contribution in [0.1, 0.15) is 10.5 Å². The Morgan fingerprint density at radius 3 is 2.55 bits per heavy atom. The van der Waals surface area contributed by atoms with Crippen molar-refractivity contribution in [2.75, 3.05) is 19.8 Å². The molecule has 116 valence electrons. The maximum Gasteiger partial charge on any atom is 0.286 e. The highest BCUT2D eigenvalue weighted by molar-refractivity contribution is 5.93. The molecule has 0 atom stereocenters. The van der Waals surface area contributed by atoms with Crippen LogP contribution in [0.2, 0.25) is 0 Å². The van der Waals surface area contributed by atoms with Crippen molar-refractivity contribution in [2.45, 2.75) is 0 Å². The number of hydrogen-bond acceptors (Lipinski definition) is 4. The molecule has 1 heterocycles. The van der Waals surface area contributed by atoms with Crippen LogP contribution >= 0.6 is 0 Å². The van der Waals surface area contributed by atoms with Gasteiger partial charge in [0.1, 0.15) is 24.7 Å². The number of benzene rings is 1. The normalized spacial score (nSPS) is 10.0. The number of ether oxygens (including phenoxy) is 2. The predicted molar refractivity (Wildman–Crippen MR) is 79.2 cm³/mol. The Labute approximate surface area is 127 Å². The third-order valence-electron chi connectivity index (χ3n) is 2.63. The fourth-order valence-electron chi connectivity index (χ4n) is 1.60. The van der Waals surface area contributed by atoms with Crippen LogP contribution in [0.25, 0.3) is 0 Å². The molecule has 0 fully saturated rings. The number of amides is 2. The third-order valence-corrected chi connectivity index (χ3v) is 2.63. The Morgan fingerprint density at radius 2 is 1.82 bits per heavy atom. The molecular weight excluding hydrogens is 286 g/mol. The molecule has 7 heteroatoms. The smallest absolute Gasteiger partial charge is 0.286 e. The van der Waals surface area contributed by atoms with E-state index in [1.54, 1.807) is 18.3 Å². The average Bonchev–Trinajstić information content (AvgIpc) is 3.08.